The van der Waals surface area contributed by atoms with Crippen molar-refractivity contribution in [3.63, 3.8) is 0 Å². The smallest absolute Gasteiger partial charge is 0.322 e. The van der Waals surface area contributed by atoms with Gasteiger partial charge in [0, 0.05) is 22.6 Å². The fourth-order valence-electron chi connectivity index (χ4n) is 2.25. The van der Waals surface area contributed by atoms with Gasteiger partial charge in [0.15, 0.2) is 0 Å². The van der Waals surface area contributed by atoms with Crippen molar-refractivity contribution in [3.05, 3.63) is 68.3 Å². The number of benzene rings is 2. The molecule has 0 saturated carbocycles. The van der Waals surface area contributed by atoms with Crippen LogP contribution in [-0.2, 0) is 0 Å². The fraction of sp³-hybridized carbons (Fsp3) is 0.0625. The maximum Gasteiger partial charge on any atom is 0.322 e. The first-order chi connectivity index (χ1) is 13.4. The summed E-state index contributed by atoms with van der Waals surface area (Å²) in [5.41, 5.74) is -0.810. The molecule has 0 aliphatic rings. The molecule has 0 unspecified atom stereocenters. The molecule has 1 heterocycles. The zero-order valence-corrected chi connectivity index (χ0v) is 15.0. The van der Waals surface area contributed by atoms with Gasteiger partial charge in [-0.05, 0) is 24.5 Å². The van der Waals surface area contributed by atoms with Gasteiger partial charge >= 0.3 is 6.01 Å². The summed E-state index contributed by atoms with van der Waals surface area (Å²) >= 11 is 1.53. The first-order valence-corrected chi connectivity index (χ1v) is 8.83. The van der Waals surface area contributed by atoms with Gasteiger partial charge in [-0.25, -0.2) is 0 Å². The van der Waals surface area contributed by atoms with Gasteiger partial charge in [0.25, 0.3) is 17.3 Å². The Morgan fingerprint density at radius 3 is 2.36 bits per heavy atom. The average molecular weight is 401 g/mol. The highest BCUT2D eigenvalue weighted by Crippen LogP contribution is 2.26. The van der Waals surface area contributed by atoms with E-state index in [0.717, 1.165) is 23.1 Å². The molecule has 1 aromatic heterocycles. The molecule has 0 atom stereocenters. The van der Waals surface area contributed by atoms with Crippen LogP contribution in [0.2, 0.25) is 0 Å². The molecule has 11 nitrogen and oxygen atoms in total. The second-order valence-electron chi connectivity index (χ2n) is 5.35. The van der Waals surface area contributed by atoms with E-state index < -0.39 is 27.1 Å². The van der Waals surface area contributed by atoms with Gasteiger partial charge in [-0.2, -0.15) is 0 Å². The van der Waals surface area contributed by atoms with Crippen LogP contribution in [0.1, 0.15) is 10.4 Å². The summed E-state index contributed by atoms with van der Waals surface area (Å²) in [6, 6.07) is 9.65. The molecule has 0 spiro atoms. The molecule has 0 aliphatic carbocycles. The van der Waals surface area contributed by atoms with Crippen molar-refractivity contribution in [2.24, 2.45) is 0 Å². The molecule has 142 valence electrons. The third-order valence-corrected chi connectivity index (χ3v) is 4.27. The van der Waals surface area contributed by atoms with Crippen LogP contribution in [-0.4, -0.2) is 32.2 Å². The van der Waals surface area contributed by atoms with Gasteiger partial charge < -0.3 is 4.42 Å². The quantitative estimate of drug-likeness (QED) is 0.371. The van der Waals surface area contributed by atoms with Gasteiger partial charge in [0.2, 0.25) is 5.89 Å². The first-order valence-electron chi connectivity index (χ1n) is 7.60. The standard InChI is InChI=1S/C16H11N5O6S/c1-28-13-4-2-3-9(7-13)15-18-19-16(27-15)17-14(22)10-5-11(20(23)24)8-12(6-10)21(25)26/h2-8H,1H3,(H,17,19,22). The number of amides is 1. The second-order valence-corrected chi connectivity index (χ2v) is 6.23. The summed E-state index contributed by atoms with van der Waals surface area (Å²) in [7, 11) is 0. The minimum absolute atomic E-state index is 0.163. The SMILES string of the molecule is CSc1cccc(-c2nnc(NC(=O)c3cc([N+](=O)[O-])cc([N+](=O)[O-])c3)o2)c1. The van der Waals surface area contributed by atoms with E-state index in [-0.39, 0.29) is 17.5 Å². The van der Waals surface area contributed by atoms with Gasteiger partial charge in [-0.1, -0.05) is 11.2 Å². The minimum Gasteiger partial charge on any atom is -0.403 e. The number of thioether (sulfide) groups is 1. The molecule has 0 aliphatic heterocycles. The fourth-order valence-corrected chi connectivity index (χ4v) is 2.71. The van der Waals surface area contributed by atoms with E-state index in [1.54, 1.807) is 6.07 Å². The number of non-ortho nitro benzene ring substituents is 2. The predicted octanol–water partition coefficient (Wildman–Crippen LogP) is 3.53. The Morgan fingerprint density at radius 1 is 1.07 bits per heavy atom. The minimum atomic E-state index is -0.861. The van der Waals surface area contributed by atoms with Crippen LogP contribution >= 0.6 is 11.8 Å². The highest BCUT2D eigenvalue weighted by atomic mass is 32.2. The molecular formula is C16H11N5O6S. The van der Waals surface area contributed by atoms with Gasteiger partial charge in [-0.3, -0.25) is 30.3 Å². The number of aromatic nitrogens is 2. The van der Waals surface area contributed by atoms with Gasteiger partial charge in [0.1, 0.15) is 0 Å². The van der Waals surface area contributed by atoms with Crippen molar-refractivity contribution in [2.45, 2.75) is 4.90 Å². The van der Waals surface area contributed by atoms with E-state index in [4.69, 9.17) is 4.42 Å². The number of nitrogens with one attached hydrogen (secondary N) is 1. The number of rotatable bonds is 6. The molecule has 1 N–H and O–H groups in total. The number of nitro benzene ring substituents is 2. The van der Waals surface area contributed by atoms with Crippen LogP contribution in [0.25, 0.3) is 11.5 Å². The van der Waals surface area contributed by atoms with Gasteiger partial charge in [0.05, 0.1) is 21.5 Å². The van der Waals surface area contributed by atoms with Crippen molar-refractivity contribution in [2.75, 3.05) is 11.6 Å². The molecule has 2 aromatic carbocycles. The summed E-state index contributed by atoms with van der Waals surface area (Å²) in [4.78, 5) is 33.5. The van der Waals surface area contributed by atoms with Crippen LogP contribution in [0, 0.1) is 20.2 Å². The van der Waals surface area contributed by atoms with E-state index in [1.165, 1.54) is 11.8 Å². The van der Waals surface area contributed by atoms with Crippen molar-refractivity contribution < 1.29 is 19.1 Å². The summed E-state index contributed by atoms with van der Waals surface area (Å²) in [6.45, 7) is 0. The predicted molar refractivity (Wildman–Crippen MR) is 99.2 cm³/mol. The van der Waals surface area contributed by atoms with Crippen molar-refractivity contribution in [1.29, 1.82) is 0 Å². The Kier molecular flexibility index (Phi) is 5.31. The molecule has 1 amide bonds. The van der Waals surface area contributed by atoms with Crippen LogP contribution in [0.15, 0.2) is 51.8 Å². The number of hydrogen-bond donors (Lipinski definition) is 1. The number of carbonyl (C=O) groups excluding carboxylic acids is 1. The normalized spacial score (nSPS) is 10.5. The van der Waals surface area contributed by atoms with E-state index in [1.807, 2.05) is 24.5 Å². The lowest BCUT2D eigenvalue weighted by atomic mass is 10.1. The summed E-state index contributed by atoms with van der Waals surface area (Å²) < 4.78 is 5.39. The Labute approximate surface area is 161 Å². The van der Waals surface area contributed by atoms with E-state index in [9.17, 15) is 25.0 Å². The van der Waals surface area contributed by atoms with Crippen molar-refractivity contribution in [3.8, 4) is 11.5 Å². The molecule has 0 radical (unpaired) electrons. The van der Waals surface area contributed by atoms with Crippen LogP contribution in [0.3, 0.4) is 0 Å². The number of nitro groups is 2. The lowest BCUT2D eigenvalue weighted by molar-refractivity contribution is -0.394. The third kappa shape index (κ3) is 4.12. The van der Waals surface area contributed by atoms with Crippen LogP contribution < -0.4 is 5.32 Å². The highest BCUT2D eigenvalue weighted by molar-refractivity contribution is 7.98. The second kappa shape index (κ2) is 7.84. The summed E-state index contributed by atoms with van der Waals surface area (Å²) in [5, 5.41) is 31.7. The van der Waals surface area contributed by atoms with Crippen LogP contribution in [0.5, 0.6) is 0 Å². The zero-order chi connectivity index (χ0) is 20.3. The van der Waals surface area contributed by atoms with E-state index in [0.29, 0.717) is 5.56 Å². The maximum absolute atomic E-state index is 12.3. The average Bonchev–Trinajstić information content (AvgIpc) is 3.16. The number of anilines is 1. The Balaban J connectivity index is 1.85. The lowest BCUT2D eigenvalue weighted by Crippen LogP contribution is -2.13. The zero-order valence-electron chi connectivity index (χ0n) is 14.2. The molecule has 0 bridgehead atoms. The summed E-state index contributed by atoms with van der Waals surface area (Å²) in [6.07, 6.45) is 1.91. The molecule has 0 saturated heterocycles. The first kappa shape index (κ1) is 19.0. The number of nitrogens with zero attached hydrogens (tertiary/aromatic N) is 4. The Morgan fingerprint density at radius 2 is 1.75 bits per heavy atom. The Hall–Kier alpha value is -3.80. The Bertz CT molecular complexity index is 1050. The van der Waals surface area contributed by atoms with Gasteiger partial charge in [-0.15, -0.1) is 16.9 Å². The van der Waals surface area contributed by atoms with Crippen molar-refractivity contribution in [1.82, 2.24) is 10.2 Å². The number of carbonyl (C=O) groups is 1. The molecule has 12 heteroatoms. The maximum atomic E-state index is 12.3. The largest absolute Gasteiger partial charge is 0.403 e. The lowest BCUT2D eigenvalue weighted by Gasteiger charge is -2.01. The molecular weight excluding hydrogens is 390 g/mol. The van der Waals surface area contributed by atoms with E-state index in [2.05, 4.69) is 15.5 Å². The monoisotopic (exact) mass is 401 g/mol. The number of hydrogen-bond acceptors (Lipinski definition) is 9. The van der Waals surface area contributed by atoms with Crippen LogP contribution in [0.4, 0.5) is 17.4 Å². The third-order valence-electron chi connectivity index (χ3n) is 3.55. The van der Waals surface area contributed by atoms with Crippen molar-refractivity contribution >= 4 is 35.1 Å². The molecule has 0 fully saturated rings. The topological polar surface area (TPSA) is 154 Å². The molecule has 3 aromatic rings. The molecule has 3 rings (SSSR count). The van der Waals surface area contributed by atoms with E-state index >= 15 is 0 Å². The molecule has 28 heavy (non-hydrogen) atoms. The highest BCUT2D eigenvalue weighted by Gasteiger charge is 2.21. The summed E-state index contributed by atoms with van der Waals surface area (Å²) in [5.74, 6) is -0.698.